The molecule has 0 saturated carbocycles. The van der Waals surface area contributed by atoms with E-state index in [9.17, 15) is 0 Å². The van der Waals surface area contributed by atoms with Gasteiger partial charge in [0.05, 0.1) is 37.8 Å². The highest BCUT2D eigenvalue weighted by atomic mass is 32.2. The third-order valence-electron chi connectivity index (χ3n) is 14.3. The Labute approximate surface area is 439 Å². The number of rotatable bonds is 25. The number of thioether (sulfide) groups is 1. The first-order valence-electron chi connectivity index (χ1n) is 26.5. The second kappa shape index (κ2) is 28.2. The first-order valence-corrected chi connectivity index (χ1v) is 27.5. The fourth-order valence-corrected chi connectivity index (χ4v) is 11.6. The third kappa shape index (κ3) is 16.6. The Hall–Kier alpha value is -5.30. The highest BCUT2D eigenvalue weighted by molar-refractivity contribution is 8.00. The van der Waals surface area contributed by atoms with E-state index < -0.39 is 0 Å². The van der Waals surface area contributed by atoms with Crippen molar-refractivity contribution in [1.82, 2.24) is 0 Å². The lowest BCUT2D eigenvalue weighted by molar-refractivity contribution is -0.700. The summed E-state index contributed by atoms with van der Waals surface area (Å²) in [4.78, 5) is 0. The molecule has 0 bridgehead atoms. The van der Waals surface area contributed by atoms with Gasteiger partial charge >= 0.3 is 0 Å². The summed E-state index contributed by atoms with van der Waals surface area (Å²) in [6.45, 7) is 24.7. The highest BCUT2D eigenvalue weighted by Crippen LogP contribution is 2.48. The molecule has 2 aliphatic carbocycles. The summed E-state index contributed by atoms with van der Waals surface area (Å²) >= 11 is 1.92. The van der Waals surface area contributed by atoms with Crippen molar-refractivity contribution in [2.45, 2.75) is 112 Å². The third-order valence-corrected chi connectivity index (χ3v) is 15.8. The Kier molecular flexibility index (Phi) is 22.0. The van der Waals surface area contributed by atoms with Crippen LogP contribution < -0.4 is 4.57 Å². The van der Waals surface area contributed by atoms with Crippen LogP contribution in [-0.4, -0.2) is 45.4 Å². The largest absolute Gasteiger partial charge is 0.378 e. The number of allylic oxidation sites excluding steroid dienone is 16. The van der Waals surface area contributed by atoms with Crippen LogP contribution in [0.15, 0.2) is 203 Å². The van der Waals surface area contributed by atoms with Crippen LogP contribution in [0.4, 0.5) is 0 Å². The monoisotopic (exact) mass is 983 g/mol. The number of hydrogen-bond donors (Lipinski definition) is 0. The minimum absolute atomic E-state index is 0.237. The molecule has 6 rings (SSSR count). The summed E-state index contributed by atoms with van der Waals surface area (Å²) in [5, 5.41) is 0. The fraction of sp³-hybridized carbons (Fsp3) is 0.388. The van der Waals surface area contributed by atoms with Crippen molar-refractivity contribution in [1.29, 1.82) is 0 Å². The van der Waals surface area contributed by atoms with Crippen LogP contribution in [0.1, 0.15) is 129 Å². The molecular weight excluding hydrogens is 899 g/mol. The number of hydrogen-bond acceptors (Lipinski definition) is 4. The second-order valence-corrected chi connectivity index (χ2v) is 22.3. The van der Waals surface area contributed by atoms with Crippen LogP contribution in [-0.2, 0) is 25.5 Å². The van der Waals surface area contributed by atoms with E-state index in [0.29, 0.717) is 39.6 Å². The van der Waals surface area contributed by atoms with Gasteiger partial charge in [-0.25, -0.2) is 0 Å². The van der Waals surface area contributed by atoms with Gasteiger partial charge in [-0.15, -0.1) is 11.8 Å². The Morgan fingerprint density at radius 2 is 1.04 bits per heavy atom. The van der Waals surface area contributed by atoms with Gasteiger partial charge in [0.1, 0.15) is 6.61 Å². The maximum absolute atomic E-state index is 6.12. The lowest BCUT2D eigenvalue weighted by Gasteiger charge is -2.35. The molecule has 0 unspecified atom stereocenters. The molecular formula is C67H84NO3S+. The molecule has 3 aromatic carbocycles. The van der Waals surface area contributed by atoms with Gasteiger partial charge < -0.3 is 14.2 Å². The van der Waals surface area contributed by atoms with E-state index in [1.165, 1.54) is 94.2 Å². The molecule has 0 aliphatic heterocycles. The Morgan fingerprint density at radius 1 is 0.569 bits per heavy atom. The predicted molar refractivity (Wildman–Crippen MR) is 309 cm³/mol. The summed E-state index contributed by atoms with van der Waals surface area (Å²) in [7, 11) is 0. The van der Waals surface area contributed by atoms with E-state index in [1.807, 2.05) is 11.8 Å². The van der Waals surface area contributed by atoms with E-state index >= 15 is 0 Å². The van der Waals surface area contributed by atoms with Gasteiger partial charge in [-0.1, -0.05) is 202 Å². The van der Waals surface area contributed by atoms with E-state index in [-0.39, 0.29) is 15.6 Å². The minimum Gasteiger partial charge on any atom is -0.378 e. The van der Waals surface area contributed by atoms with Crippen LogP contribution in [0, 0.1) is 10.8 Å². The first-order chi connectivity index (χ1) is 34.8. The normalized spacial score (nSPS) is 17.2. The quantitative estimate of drug-likeness (QED) is 0.0287. The molecule has 0 saturated heterocycles. The SMILES string of the molecule is CC1=C(/C=C/C(C)=C/C=C/C(C)=C/c2cc(/C=C/C=C(C)/C=C/C3=C(C)CCCC3(C)C)cc[n+]2CCOCCOCCOCCSC(c2ccccc2)(c2ccccc2)c2ccccc2)C(C)(C)CCC1. The van der Waals surface area contributed by atoms with E-state index in [2.05, 4.69) is 243 Å². The van der Waals surface area contributed by atoms with Crippen molar-refractivity contribution in [3.8, 4) is 0 Å². The molecule has 4 nitrogen and oxygen atoms in total. The Morgan fingerprint density at radius 3 is 1.54 bits per heavy atom. The van der Waals surface area contributed by atoms with Crippen molar-refractivity contribution in [3.63, 3.8) is 0 Å². The van der Waals surface area contributed by atoms with Gasteiger partial charge in [0, 0.05) is 24.0 Å². The van der Waals surface area contributed by atoms with Crippen molar-refractivity contribution >= 4 is 23.9 Å². The smallest absolute Gasteiger partial charge is 0.206 e. The molecule has 4 aromatic rings. The average molecular weight is 983 g/mol. The van der Waals surface area contributed by atoms with Crippen LogP contribution in [0.25, 0.3) is 12.2 Å². The maximum atomic E-state index is 6.12. The molecule has 0 amide bonds. The summed E-state index contributed by atoms with van der Waals surface area (Å²) in [6, 6.07) is 36.9. The number of nitrogens with zero attached hydrogens (tertiary/aromatic N) is 1. The molecule has 0 atom stereocenters. The number of aromatic nitrogens is 1. The van der Waals surface area contributed by atoms with Crippen molar-refractivity contribution < 1.29 is 18.8 Å². The molecule has 1 heterocycles. The maximum Gasteiger partial charge on any atom is 0.206 e. The minimum atomic E-state index is -0.346. The van der Waals surface area contributed by atoms with Crippen molar-refractivity contribution in [2.75, 3.05) is 45.4 Å². The van der Waals surface area contributed by atoms with Crippen molar-refractivity contribution in [2.24, 2.45) is 10.8 Å². The lowest BCUT2D eigenvalue weighted by atomic mass is 9.72. The zero-order chi connectivity index (χ0) is 51.2. The molecule has 0 N–H and O–H groups in total. The zero-order valence-electron chi connectivity index (χ0n) is 45.2. The fourth-order valence-electron chi connectivity index (χ4n) is 10.2. The van der Waals surface area contributed by atoms with Gasteiger partial charge in [-0.05, 0) is 123 Å². The van der Waals surface area contributed by atoms with Crippen LogP contribution in [0.2, 0.25) is 0 Å². The Bertz CT molecular complexity index is 2520. The van der Waals surface area contributed by atoms with Gasteiger partial charge in [-0.2, -0.15) is 4.57 Å². The zero-order valence-corrected chi connectivity index (χ0v) is 46.0. The van der Waals surface area contributed by atoms with E-state index in [1.54, 1.807) is 0 Å². The predicted octanol–water partition coefficient (Wildman–Crippen LogP) is 16.8. The molecule has 0 radical (unpaired) electrons. The summed E-state index contributed by atoms with van der Waals surface area (Å²) in [5.74, 6) is 0.834. The van der Waals surface area contributed by atoms with Gasteiger partial charge in [-0.3, -0.25) is 0 Å². The first kappa shape index (κ1) is 56.0. The number of pyridine rings is 1. The van der Waals surface area contributed by atoms with Gasteiger partial charge in [0.15, 0.2) is 12.7 Å². The topological polar surface area (TPSA) is 31.6 Å². The molecule has 5 heteroatoms. The summed E-state index contributed by atoms with van der Waals surface area (Å²) < 4.78 is 20.1. The van der Waals surface area contributed by atoms with Crippen LogP contribution in [0.5, 0.6) is 0 Å². The highest BCUT2D eigenvalue weighted by Gasteiger charge is 2.36. The van der Waals surface area contributed by atoms with Crippen LogP contribution >= 0.6 is 11.8 Å². The number of ether oxygens (including phenoxy) is 3. The van der Waals surface area contributed by atoms with E-state index in [0.717, 1.165) is 23.6 Å². The molecule has 1 aromatic heterocycles. The van der Waals surface area contributed by atoms with Crippen LogP contribution in [0.3, 0.4) is 0 Å². The number of benzene rings is 3. The average Bonchev–Trinajstić information content (AvgIpc) is 3.36. The van der Waals surface area contributed by atoms with Crippen molar-refractivity contribution in [3.05, 3.63) is 231 Å². The molecule has 380 valence electrons. The molecule has 0 spiro atoms. The Balaban J connectivity index is 1.01. The van der Waals surface area contributed by atoms with E-state index in [4.69, 9.17) is 14.2 Å². The molecule has 0 fully saturated rings. The van der Waals surface area contributed by atoms with Gasteiger partial charge in [0.25, 0.3) is 0 Å². The second-order valence-electron chi connectivity index (χ2n) is 21.0. The summed E-state index contributed by atoms with van der Waals surface area (Å²) in [5.41, 5.74) is 16.3. The molecule has 72 heavy (non-hydrogen) atoms. The molecule has 2 aliphatic rings. The summed E-state index contributed by atoms with van der Waals surface area (Å²) in [6.07, 6.45) is 34.3. The standard InChI is InChI=1S/C67H84NO3S/c1-53(35-37-63-56(4)26-21-40-65(63,6)7)23-19-25-55(3)51-62-52-58(28-20-24-54(2)36-38-64-57(5)27-22-41-66(64,8)9)39-42-68(62)43-44-69-45-46-70-47-48-71-49-50-72-67(59-29-13-10-14-30-59,60-31-15-11-16-32-60)61-33-17-12-18-34-61/h10-20,23-25,28-39,42,51-52H,21-22,26-27,40-41,43-50H2,1-9H3/q+1/b25-19+,28-20+,37-35+,38-36+,53-23+,54-24+,55-51+. The lowest BCUT2D eigenvalue weighted by Crippen LogP contribution is -2.39. The van der Waals surface area contributed by atoms with Gasteiger partial charge in [0.2, 0.25) is 5.69 Å².